The van der Waals surface area contributed by atoms with Gasteiger partial charge >= 0.3 is 6.03 Å². The van der Waals surface area contributed by atoms with Gasteiger partial charge in [-0.1, -0.05) is 32.1 Å². The highest BCUT2D eigenvalue weighted by Crippen LogP contribution is 2.32. The SMILES string of the molecule is CN1C(=O)C(CC2CCCCC2)N(CC2CCOC2)C1=O. The van der Waals surface area contributed by atoms with Crippen LogP contribution in [0.1, 0.15) is 44.9 Å². The van der Waals surface area contributed by atoms with Crippen molar-refractivity contribution in [3.05, 3.63) is 0 Å². The maximum atomic E-state index is 12.4. The Hall–Kier alpha value is -1.10. The fraction of sp³-hybridized carbons (Fsp3) is 0.875. The van der Waals surface area contributed by atoms with E-state index < -0.39 is 0 Å². The summed E-state index contributed by atoms with van der Waals surface area (Å²) in [5, 5.41) is 0. The number of ether oxygens (including phenoxy) is 1. The van der Waals surface area contributed by atoms with Crippen molar-refractivity contribution in [2.24, 2.45) is 11.8 Å². The van der Waals surface area contributed by atoms with Crippen LogP contribution in [-0.2, 0) is 9.53 Å². The third-order valence-corrected chi connectivity index (χ3v) is 5.28. The van der Waals surface area contributed by atoms with Crippen molar-refractivity contribution >= 4 is 11.9 Å². The highest BCUT2D eigenvalue weighted by atomic mass is 16.5. The molecule has 0 aromatic heterocycles. The number of carbonyl (C=O) groups excluding carboxylic acids is 2. The second-order valence-corrected chi connectivity index (χ2v) is 6.82. The third kappa shape index (κ3) is 3.07. The van der Waals surface area contributed by atoms with Crippen LogP contribution in [0.25, 0.3) is 0 Å². The molecule has 2 unspecified atom stereocenters. The second kappa shape index (κ2) is 6.34. The predicted molar refractivity (Wildman–Crippen MR) is 78.8 cm³/mol. The number of nitrogens with zero attached hydrogens (tertiary/aromatic N) is 2. The van der Waals surface area contributed by atoms with Crippen LogP contribution in [0.3, 0.4) is 0 Å². The number of urea groups is 1. The van der Waals surface area contributed by atoms with Crippen molar-refractivity contribution < 1.29 is 14.3 Å². The number of carbonyl (C=O) groups is 2. The zero-order valence-electron chi connectivity index (χ0n) is 12.9. The number of hydrogen-bond donors (Lipinski definition) is 0. The molecule has 2 saturated heterocycles. The molecule has 0 radical (unpaired) electrons. The summed E-state index contributed by atoms with van der Waals surface area (Å²) in [6.45, 7) is 2.17. The van der Waals surface area contributed by atoms with E-state index in [-0.39, 0.29) is 18.0 Å². The standard InChI is InChI=1S/C16H26N2O3/c1-17-15(19)14(9-12-5-3-2-4-6-12)18(16(17)20)10-13-7-8-21-11-13/h12-14H,2-11H2,1H3. The van der Waals surface area contributed by atoms with Gasteiger partial charge in [-0.15, -0.1) is 0 Å². The van der Waals surface area contributed by atoms with Gasteiger partial charge < -0.3 is 9.64 Å². The Morgan fingerprint density at radius 1 is 1.10 bits per heavy atom. The number of hydrogen-bond acceptors (Lipinski definition) is 3. The van der Waals surface area contributed by atoms with E-state index in [0.29, 0.717) is 18.4 Å². The van der Waals surface area contributed by atoms with E-state index in [1.165, 1.54) is 37.0 Å². The Bertz CT molecular complexity index is 400. The molecular weight excluding hydrogens is 268 g/mol. The highest BCUT2D eigenvalue weighted by molar-refractivity contribution is 6.03. The second-order valence-electron chi connectivity index (χ2n) is 6.82. The van der Waals surface area contributed by atoms with Crippen LogP contribution in [0.4, 0.5) is 4.79 Å². The average molecular weight is 294 g/mol. The normalized spacial score (nSPS) is 31.5. The van der Waals surface area contributed by atoms with Gasteiger partial charge in [0.05, 0.1) is 6.61 Å². The molecule has 5 nitrogen and oxygen atoms in total. The van der Waals surface area contributed by atoms with Crippen LogP contribution in [0.15, 0.2) is 0 Å². The number of rotatable bonds is 4. The molecule has 0 N–H and O–H groups in total. The first-order valence-corrected chi connectivity index (χ1v) is 8.32. The molecule has 21 heavy (non-hydrogen) atoms. The van der Waals surface area contributed by atoms with Crippen LogP contribution in [-0.4, -0.2) is 54.6 Å². The summed E-state index contributed by atoms with van der Waals surface area (Å²) >= 11 is 0. The molecule has 3 aliphatic rings. The Labute approximate surface area is 126 Å². The Morgan fingerprint density at radius 3 is 2.52 bits per heavy atom. The molecule has 0 spiro atoms. The summed E-state index contributed by atoms with van der Waals surface area (Å²) in [6.07, 6.45) is 8.12. The number of likely N-dealkylation sites (N-methyl/N-ethyl adjacent to an activating group) is 1. The molecule has 3 fully saturated rings. The minimum atomic E-state index is -0.230. The molecule has 0 bridgehead atoms. The van der Waals surface area contributed by atoms with Crippen molar-refractivity contribution in [1.29, 1.82) is 0 Å². The maximum Gasteiger partial charge on any atom is 0.327 e. The van der Waals surface area contributed by atoms with E-state index in [0.717, 1.165) is 26.1 Å². The van der Waals surface area contributed by atoms with Crippen LogP contribution in [0, 0.1) is 11.8 Å². The van der Waals surface area contributed by atoms with Crippen molar-refractivity contribution in [1.82, 2.24) is 9.80 Å². The molecule has 3 amide bonds. The van der Waals surface area contributed by atoms with Gasteiger partial charge in [-0.3, -0.25) is 9.69 Å². The average Bonchev–Trinajstić information content (AvgIpc) is 3.08. The molecule has 1 saturated carbocycles. The lowest BCUT2D eigenvalue weighted by atomic mass is 9.84. The molecule has 2 heterocycles. The Morgan fingerprint density at radius 2 is 1.86 bits per heavy atom. The fourth-order valence-corrected chi connectivity index (χ4v) is 3.95. The van der Waals surface area contributed by atoms with Gasteiger partial charge in [0.25, 0.3) is 5.91 Å². The van der Waals surface area contributed by atoms with E-state index in [1.807, 2.05) is 4.90 Å². The minimum absolute atomic E-state index is 0.00973. The van der Waals surface area contributed by atoms with Gasteiger partial charge in [0.2, 0.25) is 0 Å². The number of amides is 3. The molecule has 118 valence electrons. The lowest BCUT2D eigenvalue weighted by Crippen LogP contribution is -2.40. The lowest BCUT2D eigenvalue weighted by molar-refractivity contribution is -0.128. The van der Waals surface area contributed by atoms with E-state index in [9.17, 15) is 9.59 Å². The van der Waals surface area contributed by atoms with Crippen molar-refractivity contribution in [3.63, 3.8) is 0 Å². The third-order valence-electron chi connectivity index (χ3n) is 5.28. The summed E-state index contributed by atoms with van der Waals surface area (Å²) in [7, 11) is 1.61. The first-order valence-electron chi connectivity index (χ1n) is 8.32. The van der Waals surface area contributed by atoms with E-state index in [1.54, 1.807) is 7.05 Å². The zero-order valence-corrected chi connectivity index (χ0v) is 12.9. The van der Waals surface area contributed by atoms with Crippen molar-refractivity contribution in [2.75, 3.05) is 26.8 Å². The number of imide groups is 1. The monoisotopic (exact) mass is 294 g/mol. The Balaban J connectivity index is 1.67. The summed E-state index contributed by atoms with van der Waals surface area (Å²) in [5.74, 6) is 0.987. The van der Waals surface area contributed by atoms with E-state index >= 15 is 0 Å². The summed E-state index contributed by atoms with van der Waals surface area (Å²) in [4.78, 5) is 27.9. The smallest absolute Gasteiger partial charge is 0.327 e. The van der Waals surface area contributed by atoms with Crippen LogP contribution in [0.5, 0.6) is 0 Å². The molecule has 0 aromatic carbocycles. The van der Waals surface area contributed by atoms with Crippen LogP contribution in [0.2, 0.25) is 0 Å². The van der Waals surface area contributed by atoms with Crippen molar-refractivity contribution in [2.45, 2.75) is 51.0 Å². The summed E-state index contributed by atoms with van der Waals surface area (Å²) in [6, 6.07) is -0.348. The van der Waals surface area contributed by atoms with Gasteiger partial charge in [0.15, 0.2) is 0 Å². The minimum Gasteiger partial charge on any atom is -0.381 e. The first kappa shape index (κ1) is 14.8. The fourth-order valence-electron chi connectivity index (χ4n) is 3.95. The van der Waals surface area contributed by atoms with Gasteiger partial charge in [0, 0.05) is 26.1 Å². The van der Waals surface area contributed by atoms with Gasteiger partial charge in [-0.2, -0.15) is 0 Å². The topological polar surface area (TPSA) is 49.9 Å². The molecule has 5 heteroatoms. The first-order chi connectivity index (χ1) is 10.2. The molecular formula is C16H26N2O3. The molecule has 2 atom stereocenters. The lowest BCUT2D eigenvalue weighted by Gasteiger charge is -2.29. The van der Waals surface area contributed by atoms with Gasteiger partial charge in [0.1, 0.15) is 6.04 Å². The van der Waals surface area contributed by atoms with E-state index in [4.69, 9.17) is 4.74 Å². The Kier molecular flexibility index (Phi) is 4.48. The van der Waals surface area contributed by atoms with Crippen LogP contribution < -0.4 is 0 Å². The van der Waals surface area contributed by atoms with Crippen molar-refractivity contribution in [3.8, 4) is 0 Å². The van der Waals surface area contributed by atoms with Gasteiger partial charge in [-0.25, -0.2) is 4.79 Å². The largest absolute Gasteiger partial charge is 0.381 e. The predicted octanol–water partition coefficient (Wildman–Crippen LogP) is 2.26. The molecule has 2 aliphatic heterocycles. The summed E-state index contributed by atoms with van der Waals surface area (Å²) in [5.41, 5.74) is 0. The quantitative estimate of drug-likeness (QED) is 0.747. The highest BCUT2D eigenvalue weighted by Gasteiger charge is 2.44. The van der Waals surface area contributed by atoms with E-state index in [2.05, 4.69) is 0 Å². The maximum absolute atomic E-state index is 12.4. The molecule has 1 aliphatic carbocycles. The van der Waals surface area contributed by atoms with Gasteiger partial charge in [-0.05, 0) is 18.8 Å². The zero-order chi connectivity index (χ0) is 14.8. The van der Waals surface area contributed by atoms with Crippen LogP contribution >= 0.6 is 0 Å². The summed E-state index contributed by atoms with van der Waals surface area (Å²) < 4.78 is 5.41. The molecule has 0 aromatic rings. The molecule has 3 rings (SSSR count).